The Morgan fingerprint density at radius 3 is 2.35 bits per heavy atom. The Labute approximate surface area is 107 Å². The van der Waals surface area contributed by atoms with E-state index in [0.29, 0.717) is 0 Å². The maximum atomic E-state index is 5.74. The Kier molecular flexibility index (Phi) is 8.83. The quantitative estimate of drug-likeness (QED) is 0.600. The highest BCUT2D eigenvalue weighted by atomic mass is 16.5. The smallest absolute Gasteiger partial charge is 0.0671 e. The van der Waals surface area contributed by atoms with Gasteiger partial charge in [-0.15, -0.1) is 0 Å². The summed E-state index contributed by atoms with van der Waals surface area (Å²) in [6.07, 6.45) is 2.43. The predicted octanol–water partition coefficient (Wildman–Crippen LogP) is 2.84. The lowest BCUT2D eigenvalue weighted by Crippen LogP contribution is -2.30. The first-order chi connectivity index (χ1) is 7.87. The van der Waals surface area contributed by atoms with Gasteiger partial charge in [0.15, 0.2) is 0 Å². The summed E-state index contributed by atoms with van der Waals surface area (Å²) in [6, 6.07) is 0. The zero-order valence-electron chi connectivity index (χ0n) is 12.5. The third-order valence-electron chi connectivity index (χ3n) is 2.99. The maximum absolute atomic E-state index is 5.74. The van der Waals surface area contributed by atoms with Gasteiger partial charge in [-0.1, -0.05) is 13.8 Å². The van der Waals surface area contributed by atoms with Gasteiger partial charge in [-0.25, -0.2) is 0 Å². The zero-order chi connectivity index (χ0) is 13.3. The van der Waals surface area contributed by atoms with Crippen LogP contribution in [0.4, 0.5) is 0 Å². The molecule has 104 valence electrons. The summed E-state index contributed by atoms with van der Waals surface area (Å²) in [6.45, 7) is 13.5. The number of hydrogen-bond acceptors (Lipinski definition) is 3. The second kappa shape index (κ2) is 8.90. The van der Waals surface area contributed by atoms with E-state index in [0.717, 1.165) is 32.0 Å². The Bertz CT molecular complexity index is 181. The van der Waals surface area contributed by atoms with Gasteiger partial charge in [-0.05, 0) is 46.1 Å². The topological polar surface area (TPSA) is 30.5 Å². The van der Waals surface area contributed by atoms with E-state index in [4.69, 9.17) is 9.47 Å². The fourth-order valence-corrected chi connectivity index (χ4v) is 1.36. The minimum absolute atomic E-state index is 0.0786. The SMILES string of the molecule is COC(C)(C)CCOC(C)CNCCC(C)C. The average molecular weight is 245 g/mol. The summed E-state index contributed by atoms with van der Waals surface area (Å²) in [4.78, 5) is 0. The molecular formula is C14H31NO2. The van der Waals surface area contributed by atoms with Gasteiger partial charge in [0, 0.05) is 20.3 Å². The van der Waals surface area contributed by atoms with E-state index in [2.05, 4.69) is 39.9 Å². The first-order valence-corrected chi connectivity index (χ1v) is 6.75. The lowest BCUT2D eigenvalue weighted by atomic mass is 10.1. The predicted molar refractivity (Wildman–Crippen MR) is 73.4 cm³/mol. The Morgan fingerprint density at radius 2 is 1.82 bits per heavy atom. The minimum Gasteiger partial charge on any atom is -0.379 e. The fourth-order valence-electron chi connectivity index (χ4n) is 1.36. The highest BCUT2D eigenvalue weighted by Crippen LogP contribution is 2.12. The molecule has 0 heterocycles. The fraction of sp³-hybridized carbons (Fsp3) is 1.00. The van der Waals surface area contributed by atoms with Crippen molar-refractivity contribution in [2.45, 2.75) is 59.2 Å². The van der Waals surface area contributed by atoms with Crippen LogP contribution in [0.15, 0.2) is 0 Å². The van der Waals surface area contributed by atoms with Crippen molar-refractivity contribution >= 4 is 0 Å². The molecule has 0 fully saturated rings. The van der Waals surface area contributed by atoms with E-state index in [-0.39, 0.29) is 11.7 Å². The van der Waals surface area contributed by atoms with Crippen LogP contribution in [-0.2, 0) is 9.47 Å². The van der Waals surface area contributed by atoms with E-state index in [1.165, 1.54) is 6.42 Å². The molecule has 1 N–H and O–H groups in total. The number of nitrogens with one attached hydrogen (secondary N) is 1. The molecule has 0 rings (SSSR count). The number of hydrogen-bond donors (Lipinski definition) is 1. The van der Waals surface area contributed by atoms with Crippen LogP contribution in [0.25, 0.3) is 0 Å². The Hall–Kier alpha value is -0.120. The van der Waals surface area contributed by atoms with Crippen molar-refractivity contribution in [2.24, 2.45) is 5.92 Å². The second-order valence-electron chi connectivity index (χ2n) is 5.78. The van der Waals surface area contributed by atoms with Crippen molar-refractivity contribution in [3.05, 3.63) is 0 Å². The van der Waals surface area contributed by atoms with Crippen molar-refractivity contribution in [3.8, 4) is 0 Å². The van der Waals surface area contributed by atoms with Crippen LogP contribution in [0.3, 0.4) is 0 Å². The summed E-state index contributed by atoms with van der Waals surface area (Å²) < 4.78 is 11.1. The van der Waals surface area contributed by atoms with E-state index >= 15 is 0 Å². The van der Waals surface area contributed by atoms with E-state index in [1.807, 2.05) is 0 Å². The molecule has 0 aliphatic heterocycles. The summed E-state index contributed by atoms with van der Waals surface area (Å²) in [5.74, 6) is 0.765. The van der Waals surface area contributed by atoms with Crippen LogP contribution >= 0.6 is 0 Å². The Balaban J connectivity index is 3.44. The molecule has 0 aliphatic rings. The molecule has 0 radical (unpaired) electrons. The van der Waals surface area contributed by atoms with Crippen molar-refractivity contribution in [1.82, 2.24) is 5.32 Å². The normalized spacial score (nSPS) is 14.3. The molecular weight excluding hydrogens is 214 g/mol. The third-order valence-corrected chi connectivity index (χ3v) is 2.99. The highest BCUT2D eigenvalue weighted by molar-refractivity contribution is 4.67. The first-order valence-electron chi connectivity index (χ1n) is 6.75. The standard InChI is InChI=1S/C14H31NO2/c1-12(2)7-9-15-11-13(3)17-10-8-14(4,5)16-6/h12-13,15H,7-11H2,1-6H3. The van der Waals surface area contributed by atoms with Crippen LogP contribution in [0, 0.1) is 5.92 Å². The van der Waals surface area contributed by atoms with E-state index in [9.17, 15) is 0 Å². The molecule has 0 spiro atoms. The highest BCUT2D eigenvalue weighted by Gasteiger charge is 2.16. The summed E-state index contributed by atoms with van der Waals surface area (Å²) in [5, 5.41) is 3.42. The second-order valence-corrected chi connectivity index (χ2v) is 5.78. The van der Waals surface area contributed by atoms with E-state index in [1.54, 1.807) is 7.11 Å². The van der Waals surface area contributed by atoms with Crippen LogP contribution in [0.1, 0.15) is 47.5 Å². The lowest BCUT2D eigenvalue weighted by Gasteiger charge is -2.23. The molecule has 0 saturated carbocycles. The van der Waals surface area contributed by atoms with Crippen molar-refractivity contribution in [3.63, 3.8) is 0 Å². The van der Waals surface area contributed by atoms with Crippen molar-refractivity contribution in [2.75, 3.05) is 26.8 Å². The monoisotopic (exact) mass is 245 g/mol. The lowest BCUT2D eigenvalue weighted by molar-refractivity contribution is -0.0229. The maximum Gasteiger partial charge on any atom is 0.0671 e. The van der Waals surface area contributed by atoms with Gasteiger partial charge in [-0.2, -0.15) is 0 Å². The average Bonchev–Trinajstić information content (AvgIpc) is 2.24. The molecule has 0 aromatic rings. The molecule has 3 heteroatoms. The summed E-state index contributed by atoms with van der Waals surface area (Å²) in [5.41, 5.74) is -0.0786. The third kappa shape index (κ3) is 10.7. The number of ether oxygens (including phenoxy) is 2. The van der Waals surface area contributed by atoms with Crippen LogP contribution in [0.5, 0.6) is 0 Å². The van der Waals surface area contributed by atoms with Gasteiger partial charge in [0.05, 0.1) is 11.7 Å². The Morgan fingerprint density at radius 1 is 1.18 bits per heavy atom. The molecule has 1 unspecified atom stereocenters. The van der Waals surface area contributed by atoms with Crippen molar-refractivity contribution in [1.29, 1.82) is 0 Å². The van der Waals surface area contributed by atoms with E-state index < -0.39 is 0 Å². The van der Waals surface area contributed by atoms with Gasteiger partial charge in [0.2, 0.25) is 0 Å². The zero-order valence-corrected chi connectivity index (χ0v) is 12.5. The summed E-state index contributed by atoms with van der Waals surface area (Å²) >= 11 is 0. The van der Waals surface area contributed by atoms with Crippen LogP contribution < -0.4 is 5.32 Å². The minimum atomic E-state index is -0.0786. The molecule has 17 heavy (non-hydrogen) atoms. The molecule has 1 atom stereocenters. The molecule has 0 bridgehead atoms. The first kappa shape index (κ1) is 16.9. The van der Waals surface area contributed by atoms with Crippen LogP contribution in [-0.4, -0.2) is 38.5 Å². The van der Waals surface area contributed by atoms with Gasteiger partial charge in [0.25, 0.3) is 0 Å². The van der Waals surface area contributed by atoms with Crippen molar-refractivity contribution < 1.29 is 9.47 Å². The van der Waals surface area contributed by atoms with Gasteiger partial charge in [0.1, 0.15) is 0 Å². The molecule has 0 aromatic carbocycles. The molecule has 3 nitrogen and oxygen atoms in total. The largest absolute Gasteiger partial charge is 0.379 e. The number of methoxy groups -OCH3 is 1. The molecule has 0 aliphatic carbocycles. The van der Waals surface area contributed by atoms with Gasteiger partial charge < -0.3 is 14.8 Å². The number of rotatable bonds is 10. The summed E-state index contributed by atoms with van der Waals surface area (Å²) in [7, 11) is 1.75. The van der Waals surface area contributed by atoms with Gasteiger partial charge >= 0.3 is 0 Å². The molecule has 0 amide bonds. The molecule has 0 aromatic heterocycles. The van der Waals surface area contributed by atoms with Crippen LogP contribution in [0.2, 0.25) is 0 Å². The molecule has 0 saturated heterocycles. The van der Waals surface area contributed by atoms with Gasteiger partial charge in [-0.3, -0.25) is 0 Å².